The van der Waals surface area contributed by atoms with Crippen molar-refractivity contribution in [3.63, 3.8) is 0 Å². The molecule has 1 aliphatic carbocycles. The summed E-state index contributed by atoms with van der Waals surface area (Å²) in [6.07, 6.45) is 15.9. The Morgan fingerprint density at radius 3 is 2.52 bits per heavy atom. The molecule has 4 rings (SSSR count). The maximum atomic E-state index is 14.1. The normalized spacial score (nSPS) is 17.6. The van der Waals surface area contributed by atoms with Crippen LogP contribution in [0.25, 0.3) is 16.6 Å². The van der Waals surface area contributed by atoms with Gasteiger partial charge < -0.3 is 11.1 Å². The standard InChI is InChI=1S/C18H18FN5O.C2H6.C2H2/c19-14-2-1-3-15(14)23-17-13(18(20)25)9-22-24-10-12(8-16(17)24)11-4-6-21-7-5-11;2*1-2/h4-10,14-15,23H,1-3H2,(H2,20,25);1-2H3;1-2H/t14-,15+;;/m0../s1. The summed E-state index contributed by atoms with van der Waals surface area (Å²) in [6, 6.07) is 5.39. The van der Waals surface area contributed by atoms with E-state index in [9.17, 15) is 9.18 Å². The average molecular weight is 395 g/mol. The van der Waals surface area contributed by atoms with E-state index in [4.69, 9.17) is 5.73 Å². The Morgan fingerprint density at radius 1 is 1.24 bits per heavy atom. The Hall–Kier alpha value is -3.40. The quantitative estimate of drug-likeness (QED) is 0.652. The van der Waals surface area contributed by atoms with E-state index in [1.807, 2.05) is 38.2 Å². The van der Waals surface area contributed by atoms with Crippen LogP contribution in [0, 0.1) is 12.8 Å². The molecule has 0 spiro atoms. The van der Waals surface area contributed by atoms with Crippen LogP contribution in [0.4, 0.5) is 10.1 Å². The lowest BCUT2D eigenvalue weighted by Gasteiger charge is -2.19. The minimum absolute atomic E-state index is 0.269. The lowest BCUT2D eigenvalue weighted by Crippen LogP contribution is -2.27. The third-order valence-electron chi connectivity index (χ3n) is 4.68. The molecule has 0 aromatic carbocycles. The number of amides is 1. The fourth-order valence-electron chi connectivity index (χ4n) is 3.36. The van der Waals surface area contributed by atoms with E-state index < -0.39 is 12.1 Å². The van der Waals surface area contributed by atoms with E-state index in [-0.39, 0.29) is 11.6 Å². The average Bonchev–Trinajstić information content (AvgIpc) is 3.38. The van der Waals surface area contributed by atoms with Crippen molar-refractivity contribution >= 4 is 17.1 Å². The van der Waals surface area contributed by atoms with Gasteiger partial charge in [-0.15, -0.1) is 12.8 Å². The second-order valence-electron chi connectivity index (χ2n) is 6.29. The Bertz CT molecular complexity index is 967. The molecule has 0 bridgehead atoms. The van der Waals surface area contributed by atoms with Crippen LogP contribution in [0.15, 0.2) is 43.0 Å². The molecule has 3 heterocycles. The number of hydrogen-bond acceptors (Lipinski definition) is 4. The number of nitrogens with two attached hydrogens (primary N) is 1. The summed E-state index contributed by atoms with van der Waals surface area (Å²) in [5, 5.41) is 7.47. The molecule has 3 N–H and O–H groups in total. The SMILES string of the molecule is C#C.CC.NC(=O)c1cnn2cc(-c3ccncc3)cc2c1N[C@@H]1CCC[C@@H]1F. The van der Waals surface area contributed by atoms with E-state index in [2.05, 4.69) is 28.2 Å². The van der Waals surface area contributed by atoms with Crippen molar-refractivity contribution in [3.8, 4) is 24.0 Å². The van der Waals surface area contributed by atoms with E-state index in [0.29, 0.717) is 17.6 Å². The molecule has 3 aromatic rings. The predicted molar refractivity (Wildman–Crippen MR) is 114 cm³/mol. The first-order valence-electron chi connectivity index (χ1n) is 9.59. The van der Waals surface area contributed by atoms with E-state index in [1.165, 1.54) is 6.20 Å². The van der Waals surface area contributed by atoms with Crippen molar-refractivity contribution in [3.05, 3.63) is 48.5 Å². The summed E-state index contributed by atoms with van der Waals surface area (Å²) < 4.78 is 15.7. The van der Waals surface area contributed by atoms with Crippen LogP contribution in [0.2, 0.25) is 0 Å². The molecule has 3 aromatic heterocycles. The number of primary amides is 1. The molecule has 29 heavy (non-hydrogen) atoms. The Balaban J connectivity index is 0.000000707. The molecule has 0 unspecified atom stereocenters. The number of hydrogen-bond donors (Lipinski definition) is 2. The van der Waals surface area contributed by atoms with Crippen LogP contribution in [0.1, 0.15) is 43.5 Å². The van der Waals surface area contributed by atoms with Crippen molar-refractivity contribution in [1.82, 2.24) is 14.6 Å². The van der Waals surface area contributed by atoms with Gasteiger partial charge in [0.1, 0.15) is 6.17 Å². The molecule has 6 nitrogen and oxygen atoms in total. The molecule has 152 valence electrons. The van der Waals surface area contributed by atoms with Crippen molar-refractivity contribution in [2.75, 3.05) is 5.32 Å². The monoisotopic (exact) mass is 395 g/mol. The number of carbonyl (C=O) groups excluding carboxylic acids is 1. The zero-order chi connectivity index (χ0) is 21.4. The van der Waals surface area contributed by atoms with Gasteiger partial charge in [0.25, 0.3) is 5.91 Å². The summed E-state index contributed by atoms with van der Waals surface area (Å²) in [5.74, 6) is -0.586. The molecule has 1 fully saturated rings. The third-order valence-corrected chi connectivity index (χ3v) is 4.68. The Kier molecular flexibility index (Phi) is 7.72. The van der Waals surface area contributed by atoms with Gasteiger partial charge in [0.2, 0.25) is 0 Å². The number of halogens is 1. The first-order valence-corrected chi connectivity index (χ1v) is 9.59. The number of carbonyl (C=O) groups is 1. The highest BCUT2D eigenvalue weighted by atomic mass is 19.1. The second kappa shape index (κ2) is 10.2. The van der Waals surface area contributed by atoms with Gasteiger partial charge in [-0.05, 0) is 43.0 Å². The second-order valence-corrected chi connectivity index (χ2v) is 6.29. The fraction of sp³-hybridized carbons (Fsp3) is 0.318. The van der Waals surface area contributed by atoms with Crippen LogP contribution in [0.5, 0.6) is 0 Å². The molecule has 2 atom stereocenters. The topological polar surface area (TPSA) is 85.3 Å². The smallest absolute Gasteiger partial charge is 0.252 e. The van der Waals surface area contributed by atoms with E-state index in [1.54, 1.807) is 16.9 Å². The summed E-state index contributed by atoms with van der Waals surface area (Å²) in [5.41, 5.74) is 8.92. The molecular formula is C22H26FN5O. The first kappa shape index (κ1) is 21.9. The molecule has 7 heteroatoms. The maximum absolute atomic E-state index is 14.1. The fourth-order valence-corrected chi connectivity index (χ4v) is 3.36. The van der Waals surface area contributed by atoms with Crippen molar-refractivity contribution in [1.29, 1.82) is 0 Å². The molecular weight excluding hydrogens is 369 g/mol. The number of nitrogens with zero attached hydrogens (tertiary/aromatic N) is 3. The van der Waals surface area contributed by atoms with Crippen molar-refractivity contribution < 1.29 is 9.18 Å². The number of pyridine rings is 1. The van der Waals surface area contributed by atoms with Gasteiger partial charge in [-0.2, -0.15) is 5.10 Å². The minimum atomic E-state index is -0.927. The summed E-state index contributed by atoms with van der Waals surface area (Å²) >= 11 is 0. The number of aromatic nitrogens is 3. The number of rotatable bonds is 4. The third kappa shape index (κ3) is 4.72. The van der Waals surface area contributed by atoms with Gasteiger partial charge in [-0.3, -0.25) is 9.78 Å². The van der Waals surface area contributed by atoms with Crippen LogP contribution < -0.4 is 11.1 Å². The lowest BCUT2D eigenvalue weighted by molar-refractivity contribution is 0.100. The highest BCUT2D eigenvalue weighted by molar-refractivity contribution is 6.02. The number of terminal acetylenes is 1. The number of fused-ring (bicyclic) bond motifs is 1. The zero-order valence-electron chi connectivity index (χ0n) is 16.7. The molecule has 1 amide bonds. The summed E-state index contributed by atoms with van der Waals surface area (Å²) in [7, 11) is 0. The van der Waals surface area contributed by atoms with E-state index >= 15 is 0 Å². The molecule has 0 radical (unpaired) electrons. The predicted octanol–water partition coefficient (Wildman–Crippen LogP) is 4.07. The lowest BCUT2D eigenvalue weighted by atomic mass is 10.1. The summed E-state index contributed by atoms with van der Waals surface area (Å²) in [4.78, 5) is 15.8. The molecule has 0 aliphatic heterocycles. The number of nitrogens with one attached hydrogen (secondary N) is 1. The molecule has 1 aliphatic rings. The Labute approximate surface area is 170 Å². The van der Waals surface area contributed by atoms with Crippen LogP contribution in [0.3, 0.4) is 0 Å². The number of anilines is 1. The maximum Gasteiger partial charge on any atom is 0.252 e. The van der Waals surface area contributed by atoms with E-state index in [0.717, 1.165) is 24.0 Å². The van der Waals surface area contributed by atoms with Crippen LogP contribution >= 0.6 is 0 Å². The minimum Gasteiger partial charge on any atom is -0.377 e. The van der Waals surface area contributed by atoms with Gasteiger partial charge in [0.05, 0.1) is 29.0 Å². The van der Waals surface area contributed by atoms with Crippen LogP contribution in [-0.4, -0.2) is 32.7 Å². The van der Waals surface area contributed by atoms with Gasteiger partial charge in [0.15, 0.2) is 0 Å². The van der Waals surface area contributed by atoms with Gasteiger partial charge in [0, 0.05) is 24.2 Å². The van der Waals surface area contributed by atoms with Gasteiger partial charge in [-0.25, -0.2) is 8.91 Å². The first-order chi connectivity index (χ1) is 14.1. The van der Waals surface area contributed by atoms with Gasteiger partial charge >= 0.3 is 0 Å². The van der Waals surface area contributed by atoms with Gasteiger partial charge in [-0.1, -0.05) is 13.8 Å². The zero-order valence-corrected chi connectivity index (χ0v) is 16.7. The highest BCUT2D eigenvalue weighted by Crippen LogP contribution is 2.32. The summed E-state index contributed by atoms with van der Waals surface area (Å²) in [6.45, 7) is 4.00. The highest BCUT2D eigenvalue weighted by Gasteiger charge is 2.28. The van der Waals surface area contributed by atoms with Crippen molar-refractivity contribution in [2.45, 2.75) is 45.3 Å². The largest absolute Gasteiger partial charge is 0.377 e. The Morgan fingerprint density at radius 2 is 1.93 bits per heavy atom. The molecule has 0 saturated heterocycles. The van der Waals surface area contributed by atoms with Crippen LogP contribution in [-0.2, 0) is 0 Å². The molecule has 1 saturated carbocycles. The number of alkyl halides is 1. The van der Waals surface area contributed by atoms with Crippen molar-refractivity contribution in [2.24, 2.45) is 5.73 Å².